The SMILES string of the molecule is CC(=O)CC(C)(C)c1cccc(Cl)c1. The van der Waals surface area contributed by atoms with Crippen molar-refractivity contribution in [2.24, 2.45) is 0 Å². The van der Waals surface area contributed by atoms with Gasteiger partial charge in [-0.25, -0.2) is 0 Å². The fraction of sp³-hybridized carbons (Fsp3) is 0.417. The summed E-state index contributed by atoms with van der Waals surface area (Å²) in [7, 11) is 0. The van der Waals surface area contributed by atoms with Crippen LogP contribution in [0.2, 0.25) is 5.02 Å². The maximum absolute atomic E-state index is 11.1. The zero-order valence-corrected chi connectivity index (χ0v) is 9.56. The van der Waals surface area contributed by atoms with Gasteiger partial charge in [0.05, 0.1) is 0 Å². The van der Waals surface area contributed by atoms with Gasteiger partial charge in [-0.2, -0.15) is 0 Å². The Morgan fingerprint density at radius 2 is 2.07 bits per heavy atom. The summed E-state index contributed by atoms with van der Waals surface area (Å²) >= 11 is 5.90. The van der Waals surface area contributed by atoms with E-state index in [0.717, 1.165) is 10.6 Å². The average molecular weight is 211 g/mol. The highest BCUT2D eigenvalue weighted by molar-refractivity contribution is 6.30. The number of halogens is 1. The van der Waals surface area contributed by atoms with Crippen molar-refractivity contribution in [3.63, 3.8) is 0 Å². The molecule has 0 saturated heterocycles. The zero-order chi connectivity index (χ0) is 10.8. The van der Waals surface area contributed by atoms with E-state index in [0.29, 0.717) is 6.42 Å². The lowest BCUT2D eigenvalue weighted by Crippen LogP contribution is -2.20. The van der Waals surface area contributed by atoms with Crippen LogP contribution in [0.1, 0.15) is 32.8 Å². The molecule has 0 N–H and O–H groups in total. The standard InChI is InChI=1S/C12H15ClO/c1-9(14)8-12(2,3)10-5-4-6-11(13)7-10/h4-7H,8H2,1-3H3. The molecule has 1 aromatic rings. The van der Waals surface area contributed by atoms with E-state index in [1.807, 2.05) is 24.3 Å². The van der Waals surface area contributed by atoms with Gasteiger partial charge in [-0.1, -0.05) is 37.6 Å². The first-order valence-electron chi connectivity index (χ1n) is 4.67. The normalized spacial score (nSPS) is 11.4. The van der Waals surface area contributed by atoms with Crippen molar-refractivity contribution < 1.29 is 4.79 Å². The first-order chi connectivity index (χ1) is 6.42. The minimum Gasteiger partial charge on any atom is -0.300 e. The average Bonchev–Trinajstić information content (AvgIpc) is 2.01. The molecule has 0 atom stereocenters. The van der Waals surface area contributed by atoms with E-state index < -0.39 is 0 Å². The number of Topliss-reactive ketones (excluding diaryl/α,β-unsaturated/α-hetero) is 1. The van der Waals surface area contributed by atoms with E-state index in [9.17, 15) is 4.79 Å². The fourth-order valence-electron chi connectivity index (χ4n) is 1.63. The molecule has 0 saturated carbocycles. The highest BCUT2D eigenvalue weighted by atomic mass is 35.5. The van der Waals surface area contributed by atoms with E-state index in [4.69, 9.17) is 11.6 Å². The maximum atomic E-state index is 11.1. The molecule has 0 aliphatic rings. The van der Waals surface area contributed by atoms with E-state index in [2.05, 4.69) is 13.8 Å². The van der Waals surface area contributed by atoms with Crippen LogP contribution < -0.4 is 0 Å². The molecular formula is C12H15ClO. The van der Waals surface area contributed by atoms with Gasteiger partial charge in [-0.05, 0) is 30.0 Å². The molecule has 14 heavy (non-hydrogen) atoms. The van der Waals surface area contributed by atoms with Gasteiger partial charge in [-0.3, -0.25) is 4.79 Å². The van der Waals surface area contributed by atoms with Gasteiger partial charge >= 0.3 is 0 Å². The van der Waals surface area contributed by atoms with Crippen molar-refractivity contribution in [2.75, 3.05) is 0 Å². The van der Waals surface area contributed by atoms with Gasteiger partial charge in [0, 0.05) is 11.4 Å². The molecule has 0 bridgehead atoms. The lowest BCUT2D eigenvalue weighted by atomic mass is 9.80. The summed E-state index contributed by atoms with van der Waals surface area (Å²) in [4.78, 5) is 11.1. The van der Waals surface area contributed by atoms with Gasteiger partial charge in [0.25, 0.3) is 0 Å². The van der Waals surface area contributed by atoms with Crippen molar-refractivity contribution in [1.29, 1.82) is 0 Å². The number of ketones is 1. The highest BCUT2D eigenvalue weighted by Gasteiger charge is 2.22. The van der Waals surface area contributed by atoms with Crippen molar-refractivity contribution in [1.82, 2.24) is 0 Å². The Morgan fingerprint density at radius 1 is 1.43 bits per heavy atom. The molecule has 0 heterocycles. The van der Waals surface area contributed by atoms with Crippen molar-refractivity contribution in [2.45, 2.75) is 32.6 Å². The number of benzene rings is 1. The lowest BCUT2D eigenvalue weighted by molar-refractivity contribution is -0.118. The molecule has 0 aromatic heterocycles. The minimum absolute atomic E-state index is 0.128. The summed E-state index contributed by atoms with van der Waals surface area (Å²) in [6, 6.07) is 7.69. The highest BCUT2D eigenvalue weighted by Crippen LogP contribution is 2.28. The van der Waals surface area contributed by atoms with Crippen LogP contribution >= 0.6 is 11.6 Å². The number of hydrogen-bond donors (Lipinski definition) is 0. The predicted molar refractivity (Wildman–Crippen MR) is 59.8 cm³/mol. The molecule has 76 valence electrons. The Bertz CT molecular complexity index is 342. The van der Waals surface area contributed by atoms with Crippen LogP contribution in [-0.4, -0.2) is 5.78 Å². The molecule has 1 rings (SSSR count). The molecule has 0 unspecified atom stereocenters. The van der Waals surface area contributed by atoms with Crippen LogP contribution in [-0.2, 0) is 10.2 Å². The van der Waals surface area contributed by atoms with Crippen LogP contribution in [0, 0.1) is 0 Å². The summed E-state index contributed by atoms with van der Waals surface area (Å²) < 4.78 is 0. The van der Waals surface area contributed by atoms with Gasteiger partial charge < -0.3 is 0 Å². The van der Waals surface area contributed by atoms with Crippen LogP contribution in [0.5, 0.6) is 0 Å². The zero-order valence-electron chi connectivity index (χ0n) is 8.80. The first-order valence-corrected chi connectivity index (χ1v) is 5.05. The van der Waals surface area contributed by atoms with Gasteiger partial charge in [-0.15, -0.1) is 0 Å². The largest absolute Gasteiger partial charge is 0.300 e. The lowest BCUT2D eigenvalue weighted by Gasteiger charge is -2.23. The molecule has 0 amide bonds. The Kier molecular flexibility index (Phi) is 3.33. The van der Waals surface area contributed by atoms with E-state index in [1.54, 1.807) is 6.92 Å². The molecule has 0 aliphatic heterocycles. The van der Waals surface area contributed by atoms with Crippen LogP contribution in [0.25, 0.3) is 0 Å². The quantitative estimate of drug-likeness (QED) is 0.745. The summed E-state index contributed by atoms with van der Waals surface area (Å²) in [5, 5.41) is 0.721. The number of carbonyl (C=O) groups is 1. The number of carbonyl (C=O) groups excluding carboxylic acids is 1. The van der Waals surface area contributed by atoms with Crippen LogP contribution in [0.15, 0.2) is 24.3 Å². The minimum atomic E-state index is -0.128. The predicted octanol–water partition coefficient (Wildman–Crippen LogP) is 3.60. The Balaban J connectivity index is 2.97. The van der Waals surface area contributed by atoms with Gasteiger partial charge in [0.1, 0.15) is 5.78 Å². The van der Waals surface area contributed by atoms with Crippen LogP contribution in [0.4, 0.5) is 0 Å². The summed E-state index contributed by atoms with van der Waals surface area (Å²) in [5.74, 6) is 0.204. The Morgan fingerprint density at radius 3 is 2.57 bits per heavy atom. The second-order valence-corrected chi connectivity index (χ2v) is 4.71. The molecule has 1 aromatic carbocycles. The molecule has 2 heteroatoms. The molecule has 0 radical (unpaired) electrons. The molecule has 0 spiro atoms. The summed E-state index contributed by atoms with van der Waals surface area (Å²) in [5.41, 5.74) is 0.983. The molecular weight excluding hydrogens is 196 g/mol. The first kappa shape index (κ1) is 11.3. The third kappa shape index (κ3) is 2.85. The second-order valence-electron chi connectivity index (χ2n) is 4.27. The van der Waals surface area contributed by atoms with E-state index in [1.165, 1.54) is 0 Å². The molecule has 0 aliphatic carbocycles. The Labute approximate surface area is 90.1 Å². The molecule has 1 nitrogen and oxygen atoms in total. The van der Waals surface area contributed by atoms with Gasteiger partial charge in [0.2, 0.25) is 0 Å². The van der Waals surface area contributed by atoms with Crippen molar-refractivity contribution in [3.8, 4) is 0 Å². The summed E-state index contributed by atoms with van der Waals surface area (Å²) in [6.45, 7) is 5.73. The van der Waals surface area contributed by atoms with Crippen molar-refractivity contribution in [3.05, 3.63) is 34.9 Å². The third-order valence-electron chi connectivity index (χ3n) is 2.30. The molecule has 0 fully saturated rings. The van der Waals surface area contributed by atoms with Gasteiger partial charge in [0.15, 0.2) is 0 Å². The monoisotopic (exact) mass is 210 g/mol. The topological polar surface area (TPSA) is 17.1 Å². The van der Waals surface area contributed by atoms with Crippen molar-refractivity contribution >= 4 is 17.4 Å². The fourth-order valence-corrected chi connectivity index (χ4v) is 1.82. The second kappa shape index (κ2) is 4.14. The smallest absolute Gasteiger partial charge is 0.130 e. The summed E-state index contributed by atoms with van der Waals surface area (Å²) in [6.07, 6.45) is 0.549. The van der Waals surface area contributed by atoms with E-state index >= 15 is 0 Å². The number of hydrogen-bond acceptors (Lipinski definition) is 1. The maximum Gasteiger partial charge on any atom is 0.130 e. The Hall–Kier alpha value is -0.820. The third-order valence-corrected chi connectivity index (χ3v) is 2.53. The van der Waals surface area contributed by atoms with E-state index in [-0.39, 0.29) is 11.2 Å². The van der Waals surface area contributed by atoms with Crippen LogP contribution in [0.3, 0.4) is 0 Å². The number of rotatable bonds is 3.